The van der Waals surface area contributed by atoms with E-state index in [2.05, 4.69) is 0 Å². The standard InChI is InChI=1S/C23H21N3O3S2/c1-4-29-18-12-10-16(11-13-18)14-19-21(27)25(23(30)31-19)20-15(2)24(3)26(22(20)28)17-8-6-5-7-9-17/h5-14H,4H2,1-3H3/b19-14+. The third kappa shape index (κ3) is 3.84. The fourth-order valence-corrected chi connectivity index (χ4v) is 4.72. The Morgan fingerprint density at radius 2 is 1.74 bits per heavy atom. The maximum absolute atomic E-state index is 13.3. The second-order valence-corrected chi connectivity index (χ2v) is 8.61. The molecule has 8 heteroatoms. The first-order valence-electron chi connectivity index (χ1n) is 9.77. The van der Waals surface area contributed by atoms with Crippen LogP contribution in [0, 0.1) is 6.92 Å². The lowest BCUT2D eigenvalue weighted by atomic mass is 10.2. The Labute approximate surface area is 189 Å². The number of hydrogen-bond acceptors (Lipinski definition) is 5. The third-order valence-corrected chi connectivity index (χ3v) is 6.33. The number of rotatable bonds is 5. The summed E-state index contributed by atoms with van der Waals surface area (Å²) in [5.74, 6) is 0.475. The van der Waals surface area contributed by atoms with Gasteiger partial charge in [-0.25, -0.2) is 4.68 Å². The van der Waals surface area contributed by atoms with Crippen molar-refractivity contribution in [1.82, 2.24) is 9.36 Å². The number of para-hydroxylation sites is 1. The average Bonchev–Trinajstić information content (AvgIpc) is 3.15. The lowest BCUT2D eigenvalue weighted by Gasteiger charge is -2.12. The molecule has 1 aliphatic heterocycles. The first kappa shape index (κ1) is 21.1. The van der Waals surface area contributed by atoms with Crippen molar-refractivity contribution in [3.05, 3.63) is 81.1 Å². The van der Waals surface area contributed by atoms with Gasteiger partial charge in [0.1, 0.15) is 11.4 Å². The summed E-state index contributed by atoms with van der Waals surface area (Å²) in [6.07, 6.45) is 1.78. The highest BCUT2D eigenvalue weighted by Crippen LogP contribution is 2.36. The number of thiocarbonyl (C=S) groups is 1. The molecule has 0 saturated carbocycles. The summed E-state index contributed by atoms with van der Waals surface area (Å²) < 4.78 is 9.08. The minimum atomic E-state index is -0.296. The van der Waals surface area contributed by atoms with E-state index >= 15 is 0 Å². The van der Waals surface area contributed by atoms with Gasteiger partial charge in [-0.15, -0.1) is 0 Å². The largest absolute Gasteiger partial charge is 0.494 e. The van der Waals surface area contributed by atoms with Crippen molar-refractivity contribution in [2.75, 3.05) is 11.5 Å². The molecular weight excluding hydrogens is 430 g/mol. The molecule has 0 radical (unpaired) electrons. The number of thioether (sulfide) groups is 1. The molecule has 0 atom stereocenters. The van der Waals surface area contributed by atoms with Crippen LogP contribution in [0.1, 0.15) is 18.2 Å². The summed E-state index contributed by atoms with van der Waals surface area (Å²) in [5.41, 5.74) is 2.23. The number of ether oxygens (including phenoxy) is 1. The van der Waals surface area contributed by atoms with E-state index in [0.29, 0.717) is 21.5 Å². The number of benzene rings is 2. The summed E-state index contributed by atoms with van der Waals surface area (Å²) >= 11 is 6.68. The van der Waals surface area contributed by atoms with E-state index in [9.17, 15) is 9.59 Å². The molecule has 1 fully saturated rings. The van der Waals surface area contributed by atoms with Crippen LogP contribution in [0.3, 0.4) is 0 Å². The van der Waals surface area contributed by atoms with Crippen molar-refractivity contribution < 1.29 is 9.53 Å². The topological polar surface area (TPSA) is 56.5 Å². The van der Waals surface area contributed by atoms with Gasteiger partial charge in [-0.2, -0.15) is 0 Å². The number of nitrogens with zero attached hydrogens (tertiary/aromatic N) is 3. The molecule has 1 saturated heterocycles. The molecule has 2 heterocycles. The van der Waals surface area contributed by atoms with Gasteiger partial charge in [0, 0.05) is 7.05 Å². The minimum absolute atomic E-state index is 0.281. The molecule has 1 aliphatic rings. The molecule has 4 rings (SSSR count). The molecule has 2 aromatic carbocycles. The van der Waals surface area contributed by atoms with E-state index in [0.717, 1.165) is 17.0 Å². The van der Waals surface area contributed by atoms with E-state index in [1.807, 2.05) is 68.4 Å². The molecule has 3 aromatic rings. The van der Waals surface area contributed by atoms with E-state index in [-0.39, 0.29) is 17.2 Å². The quantitative estimate of drug-likeness (QED) is 0.428. The number of hydrogen-bond donors (Lipinski definition) is 0. The van der Waals surface area contributed by atoms with Crippen molar-refractivity contribution in [1.29, 1.82) is 0 Å². The molecule has 0 N–H and O–H groups in total. The Balaban J connectivity index is 1.71. The zero-order valence-corrected chi connectivity index (χ0v) is 19.0. The van der Waals surface area contributed by atoms with Crippen LogP contribution in [0.4, 0.5) is 5.69 Å². The van der Waals surface area contributed by atoms with Crippen LogP contribution in [0.15, 0.2) is 64.3 Å². The van der Waals surface area contributed by atoms with Gasteiger partial charge in [-0.05, 0) is 49.8 Å². The van der Waals surface area contributed by atoms with Crippen molar-refractivity contribution in [2.45, 2.75) is 13.8 Å². The first-order valence-corrected chi connectivity index (χ1v) is 11.0. The Bertz CT molecular complexity index is 1240. The van der Waals surface area contributed by atoms with Gasteiger partial charge in [0.15, 0.2) is 4.32 Å². The van der Waals surface area contributed by atoms with Gasteiger partial charge in [-0.1, -0.05) is 54.3 Å². The second kappa shape index (κ2) is 8.56. The molecule has 31 heavy (non-hydrogen) atoms. The minimum Gasteiger partial charge on any atom is -0.494 e. The van der Waals surface area contributed by atoms with Gasteiger partial charge in [0.2, 0.25) is 0 Å². The molecular formula is C23H21N3O3S2. The van der Waals surface area contributed by atoms with Crippen molar-refractivity contribution in [3.63, 3.8) is 0 Å². The SMILES string of the molecule is CCOc1ccc(/C=C2/SC(=S)N(c3c(C)n(C)n(-c4ccccc4)c3=O)C2=O)cc1. The maximum atomic E-state index is 13.3. The Morgan fingerprint density at radius 1 is 1.06 bits per heavy atom. The first-order chi connectivity index (χ1) is 14.9. The highest BCUT2D eigenvalue weighted by Gasteiger charge is 2.37. The predicted molar refractivity (Wildman–Crippen MR) is 129 cm³/mol. The smallest absolute Gasteiger partial charge is 0.296 e. The van der Waals surface area contributed by atoms with Crippen LogP contribution in [0.5, 0.6) is 5.75 Å². The average molecular weight is 452 g/mol. The predicted octanol–water partition coefficient (Wildman–Crippen LogP) is 4.29. The van der Waals surface area contributed by atoms with Crippen LogP contribution in [-0.2, 0) is 11.8 Å². The van der Waals surface area contributed by atoms with Gasteiger partial charge in [0.25, 0.3) is 11.5 Å². The lowest BCUT2D eigenvalue weighted by Crippen LogP contribution is -2.33. The molecule has 0 spiro atoms. The normalized spacial score (nSPS) is 15.2. The van der Waals surface area contributed by atoms with E-state index < -0.39 is 0 Å². The number of amides is 1. The van der Waals surface area contributed by atoms with Crippen molar-refractivity contribution in [3.8, 4) is 11.4 Å². The number of carbonyl (C=O) groups is 1. The van der Waals surface area contributed by atoms with E-state index in [1.165, 1.54) is 16.7 Å². The van der Waals surface area contributed by atoms with Gasteiger partial charge in [-0.3, -0.25) is 19.2 Å². The summed E-state index contributed by atoms with van der Waals surface area (Å²) in [4.78, 5) is 28.3. The maximum Gasteiger partial charge on any atom is 0.296 e. The lowest BCUT2D eigenvalue weighted by molar-refractivity contribution is -0.113. The Morgan fingerprint density at radius 3 is 2.39 bits per heavy atom. The molecule has 1 amide bonds. The van der Waals surface area contributed by atoms with Crippen LogP contribution in [-0.4, -0.2) is 26.2 Å². The van der Waals surface area contributed by atoms with E-state index in [1.54, 1.807) is 22.5 Å². The zero-order valence-electron chi connectivity index (χ0n) is 17.4. The third-order valence-electron chi connectivity index (χ3n) is 5.03. The number of aromatic nitrogens is 2. The molecule has 1 aromatic heterocycles. The van der Waals surface area contributed by atoms with Gasteiger partial charge >= 0.3 is 0 Å². The molecule has 0 bridgehead atoms. The molecule has 0 unspecified atom stereocenters. The van der Waals surface area contributed by atoms with Crippen LogP contribution < -0.4 is 15.2 Å². The summed E-state index contributed by atoms with van der Waals surface area (Å²) in [6.45, 7) is 4.33. The number of carbonyl (C=O) groups excluding carboxylic acids is 1. The van der Waals surface area contributed by atoms with Crippen molar-refractivity contribution in [2.24, 2.45) is 7.05 Å². The summed E-state index contributed by atoms with van der Waals surface area (Å²) in [6, 6.07) is 16.8. The summed E-state index contributed by atoms with van der Waals surface area (Å²) in [7, 11) is 1.79. The highest BCUT2D eigenvalue weighted by atomic mass is 32.2. The Hall–Kier alpha value is -3.10. The van der Waals surface area contributed by atoms with Gasteiger partial charge < -0.3 is 4.74 Å². The summed E-state index contributed by atoms with van der Waals surface area (Å²) in [5, 5.41) is 0. The highest BCUT2D eigenvalue weighted by molar-refractivity contribution is 8.27. The monoisotopic (exact) mass is 451 g/mol. The fourth-order valence-electron chi connectivity index (χ4n) is 3.45. The molecule has 158 valence electrons. The zero-order chi connectivity index (χ0) is 22.1. The second-order valence-electron chi connectivity index (χ2n) is 6.93. The molecule has 0 aliphatic carbocycles. The Kier molecular flexibility index (Phi) is 5.84. The number of anilines is 1. The fraction of sp³-hybridized carbons (Fsp3) is 0.174. The van der Waals surface area contributed by atoms with Crippen LogP contribution in [0.25, 0.3) is 11.8 Å². The van der Waals surface area contributed by atoms with E-state index in [4.69, 9.17) is 17.0 Å². The van der Waals surface area contributed by atoms with Crippen LogP contribution >= 0.6 is 24.0 Å². The van der Waals surface area contributed by atoms with Gasteiger partial charge in [0.05, 0.1) is 22.9 Å². The molecule has 6 nitrogen and oxygen atoms in total. The van der Waals surface area contributed by atoms with Crippen molar-refractivity contribution >= 4 is 46.0 Å². The van der Waals surface area contributed by atoms with Crippen LogP contribution in [0.2, 0.25) is 0 Å².